The highest BCUT2D eigenvalue weighted by atomic mass is 32.1. The van der Waals surface area contributed by atoms with Crippen LogP contribution in [-0.2, 0) is 4.79 Å². The van der Waals surface area contributed by atoms with Gasteiger partial charge in [-0.15, -0.1) is 0 Å². The van der Waals surface area contributed by atoms with Crippen LogP contribution in [0.5, 0.6) is 0 Å². The van der Waals surface area contributed by atoms with E-state index in [2.05, 4.69) is 6.92 Å². The first-order chi connectivity index (χ1) is 8.58. The van der Waals surface area contributed by atoms with Crippen molar-refractivity contribution in [2.24, 2.45) is 11.1 Å². The molecule has 0 aromatic carbocycles. The fraction of sp³-hybridized carbons (Fsp3) is 0.857. The zero-order valence-electron chi connectivity index (χ0n) is 11.3. The Morgan fingerprint density at radius 3 is 2.44 bits per heavy atom. The van der Waals surface area contributed by atoms with E-state index in [9.17, 15) is 4.79 Å². The van der Waals surface area contributed by atoms with Crippen LogP contribution in [0.1, 0.15) is 58.3 Å². The largest absolute Gasteiger partial charge is 0.392 e. The summed E-state index contributed by atoms with van der Waals surface area (Å²) in [5, 5.41) is 0. The molecule has 1 saturated carbocycles. The molecule has 1 amide bonds. The summed E-state index contributed by atoms with van der Waals surface area (Å²) in [7, 11) is 0. The van der Waals surface area contributed by atoms with Crippen LogP contribution in [0.2, 0.25) is 0 Å². The topological polar surface area (TPSA) is 46.3 Å². The minimum Gasteiger partial charge on any atom is -0.392 e. The SMILES string of the molecule is CC1CCCCN1C(=O)C1(C(N)=S)CCCCC1. The van der Waals surface area contributed by atoms with Crippen molar-refractivity contribution in [1.82, 2.24) is 4.90 Å². The highest BCUT2D eigenvalue weighted by Gasteiger charge is 2.45. The number of nitrogens with two attached hydrogens (primary N) is 1. The summed E-state index contributed by atoms with van der Waals surface area (Å²) in [6.07, 6.45) is 8.51. The summed E-state index contributed by atoms with van der Waals surface area (Å²) < 4.78 is 0. The van der Waals surface area contributed by atoms with Crippen molar-refractivity contribution < 1.29 is 4.79 Å². The monoisotopic (exact) mass is 268 g/mol. The lowest BCUT2D eigenvalue weighted by atomic mass is 9.72. The van der Waals surface area contributed by atoms with Gasteiger partial charge in [0.1, 0.15) is 0 Å². The number of thiocarbonyl (C=S) groups is 1. The zero-order chi connectivity index (χ0) is 13.2. The maximum Gasteiger partial charge on any atom is 0.235 e. The van der Waals surface area contributed by atoms with E-state index >= 15 is 0 Å². The molecule has 3 nitrogen and oxygen atoms in total. The van der Waals surface area contributed by atoms with Gasteiger partial charge in [0.25, 0.3) is 0 Å². The number of carbonyl (C=O) groups excluding carboxylic acids is 1. The van der Waals surface area contributed by atoms with Crippen molar-refractivity contribution in [2.45, 2.75) is 64.3 Å². The van der Waals surface area contributed by atoms with Crippen LogP contribution < -0.4 is 5.73 Å². The molecule has 1 unspecified atom stereocenters. The molecule has 4 heteroatoms. The maximum absolute atomic E-state index is 12.9. The van der Waals surface area contributed by atoms with Gasteiger partial charge >= 0.3 is 0 Å². The molecule has 1 aliphatic heterocycles. The van der Waals surface area contributed by atoms with Crippen LogP contribution >= 0.6 is 12.2 Å². The first-order valence-corrected chi connectivity index (χ1v) is 7.60. The summed E-state index contributed by atoms with van der Waals surface area (Å²) >= 11 is 5.24. The Bertz CT molecular complexity index is 337. The summed E-state index contributed by atoms with van der Waals surface area (Å²) in [6, 6.07) is 0.347. The van der Waals surface area contributed by atoms with Crippen molar-refractivity contribution in [3.05, 3.63) is 0 Å². The number of hydrogen-bond acceptors (Lipinski definition) is 2. The molecule has 1 atom stereocenters. The molecule has 18 heavy (non-hydrogen) atoms. The molecule has 1 aliphatic carbocycles. The molecule has 0 aromatic heterocycles. The number of likely N-dealkylation sites (tertiary alicyclic amines) is 1. The average molecular weight is 268 g/mol. The van der Waals surface area contributed by atoms with Gasteiger partial charge in [-0.3, -0.25) is 4.79 Å². The second-order valence-corrected chi connectivity index (χ2v) is 6.29. The molecule has 0 spiro atoms. The van der Waals surface area contributed by atoms with Crippen LogP contribution in [-0.4, -0.2) is 28.4 Å². The first kappa shape index (κ1) is 13.8. The predicted molar refractivity (Wildman–Crippen MR) is 77.3 cm³/mol. The standard InChI is InChI=1S/C14H24N2OS/c1-11-7-3-6-10-16(11)13(17)14(12(15)18)8-4-2-5-9-14/h11H,2-10H2,1H3,(H2,15,18). The highest BCUT2D eigenvalue weighted by Crippen LogP contribution is 2.39. The van der Waals surface area contributed by atoms with E-state index in [4.69, 9.17) is 18.0 Å². The van der Waals surface area contributed by atoms with Crippen molar-refractivity contribution in [3.8, 4) is 0 Å². The third kappa shape index (κ3) is 2.40. The lowest BCUT2D eigenvalue weighted by Gasteiger charge is -2.43. The molecule has 2 rings (SSSR count). The van der Waals surface area contributed by atoms with Crippen molar-refractivity contribution in [2.75, 3.05) is 6.54 Å². The molecule has 1 heterocycles. The summed E-state index contributed by atoms with van der Waals surface area (Å²) in [4.78, 5) is 15.3. The number of hydrogen-bond donors (Lipinski definition) is 1. The lowest BCUT2D eigenvalue weighted by Crippen LogP contribution is -2.55. The second kappa shape index (κ2) is 5.55. The highest BCUT2D eigenvalue weighted by molar-refractivity contribution is 7.80. The first-order valence-electron chi connectivity index (χ1n) is 7.19. The Hall–Kier alpha value is -0.640. The number of nitrogens with zero attached hydrogens (tertiary/aromatic N) is 1. The number of rotatable bonds is 2. The quantitative estimate of drug-likeness (QED) is 0.783. The van der Waals surface area contributed by atoms with E-state index in [0.717, 1.165) is 45.1 Å². The Labute approximate surface area is 115 Å². The predicted octanol–water partition coefficient (Wildman–Crippen LogP) is 2.62. The molecular formula is C14H24N2OS. The fourth-order valence-electron chi connectivity index (χ4n) is 3.40. The van der Waals surface area contributed by atoms with Gasteiger partial charge in [-0.2, -0.15) is 0 Å². The Morgan fingerprint density at radius 2 is 1.89 bits per heavy atom. The molecule has 0 radical (unpaired) electrons. The van der Waals surface area contributed by atoms with Gasteiger partial charge in [0.05, 0.1) is 10.4 Å². The van der Waals surface area contributed by atoms with Gasteiger partial charge in [-0.1, -0.05) is 31.5 Å². The Balaban J connectivity index is 2.19. The molecule has 102 valence electrons. The Morgan fingerprint density at radius 1 is 1.22 bits per heavy atom. The minimum atomic E-state index is -0.529. The molecule has 1 saturated heterocycles. The van der Waals surface area contributed by atoms with Crippen LogP contribution in [0.4, 0.5) is 0 Å². The van der Waals surface area contributed by atoms with Crippen LogP contribution in [0.3, 0.4) is 0 Å². The van der Waals surface area contributed by atoms with E-state index in [1.165, 1.54) is 12.8 Å². The molecule has 2 N–H and O–H groups in total. The summed E-state index contributed by atoms with van der Waals surface area (Å²) in [5.74, 6) is 0.210. The van der Waals surface area contributed by atoms with Gasteiger partial charge in [0.15, 0.2) is 0 Å². The molecule has 0 bridgehead atoms. The van der Waals surface area contributed by atoms with Gasteiger partial charge in [-0.25, -0.2) is 0 Å². The molecular weight excluding hydrogens is 244 g/mol. The van der Waals surface area contributed by atoms with Gasteiger partial charge < -0.3 is 10.6 Å². The fourth-order valence-corrected chi connectivity index (χ4v) is 3.69. The summed E-state index contributed by atoms with van der Waals surface area (Å²) in [6.45, 7) is 3.03. The molecule has 2 fully saturated rings. The van der Waals surface area contributed by atoms with E-state index in [1.807, 2.05) is 4.90 Å². The maximum atomic E-state index is 12.9. The van der Waals surface area contributed by atoms with E-state index in [1.54, 1.807) is 0 Å². The normalized spacial score (nSPS) is 27.8. The summed E-state index contributed by atoms with van der Waals surface area (Å²) in [5.41, 5.74) is 5.41. The van der Waals surface area contributed by atoms with Crippen LogP contribution in [0, 0.1) is 5.41 Å². The van der Waals surface area contributed by atoms with Gasteiger partial charge in [0.2, 0.25) is 5.91 Å². The number of amides is 1. The number of piperidine rings is 1. The van der Waals surface area contributed by atoms with Gasteiger partial charge in [0, 0.05) is 12.6 Å². The van der Waals surface area contributed by atoms with Crippen molar-refractivity contribution >= 4 is 23.1 Å². The number of carbonyl (C=O) groups is 1. The van der Waals surface area contributed by atoms with Crippen LogP contribution in [0.25, 0.3) is 0 Å². The third-order valence-electron chi connectivity index (χ3n) is 4.65. The zero-order valence-corrected chi connectivity index (χ0v) is 12.1. The smallest absolute Gasteiger partial charge is 0.235 e. The van der Waals surface area contributed by atoms with Crippen LogP contribution in [0.15, 0.2) is 0 Å². The molecule has 0 aromatic rings. The van der Waals surface area contributed by atoms with Gasteiger partial charge in [-0.05, 0) is 39.0 Å². The third-order valence-corrected chi connectivity index (χ3v) is 5.04. The van der Waals surface area contributed by atoms with E-state index in [0.29, 0.717) is 11.0 Å². The van der Waals surface area contributed by atoms with E-state index in [-0.39, 0.29) is 5.91 Å². The van der Waals surface area contributed by atoms with E-state index < -0.39 is 5.41 Å². The van der Waals surface area contributed by atoms with Crippen molar-refractivity contribution in [1.29, 1.82) is 0 Å². The minimum absolute atomic E-state index is 0.210. The van der Waals surface area contributed by atoms with Crippen molar-refractivity contribution in [3.63, 3.8) is 0 Å². The average Bonchev–Trinajstić information content (AvgIpc) is 2.39. The Kier molecular flexibility index (Phi) is 4.25. The lowest BCUT2D eigenvalue weighted by molar-refractivity contribution is -0.143. The second-order valence-electron chi connectivity index (χ2n) is 5.85. The molecule has 2 aliphatic rings.